The molecule has 4 rings (SSSR count). The predicted molar refractivity (Wildman–Crippen MR) is 121 cm³/mol. The van der Waals surface area contributed by atoms with E-state index in [0.29, 0.717) is 10.1 Å². The minimum Gasteiger partial charge on any atom is -0.485 e. The molecule has 0 aliphatic heterocycles. The van der Waals surface area contributed by atoms with Crippen LogP contribution >= 0.6 is 0 Å². The van der Waals surface area contributed by atoms with Crippen LogP contribution in [0.1, 0.15) is 5.56 Å². The van der Waals surface area contributed by atoms with Gasteiger partial charge in [-0.3, -0.25) is 14.3 Å². The average Bonchev–Trinajstić information content (AvgIpc) is 3.17. The number of hydrogen-bond donors (Lipinski definition) is 2. The second-order valence-corrected chi connectivity index (χ2v) is 8.22. The first kappa shape index (κ1) is 27.7. The van der Waals surface area contributed by atoms with Gasteiger partial charge < -0.3 is 19.1 Å². The van der Waals surface area contributed by atoms with E-state index in [1.54, 1.807) is 0 Å². The summed E-state index contributed by atoms with van der Waals surface area (Å²) < 4.78 is 102. The Morgan fingerprint density at radius 1 is 1.03 bits per heavy atom. The molecule has 2 aromatic heterocycles. The molecule has 9 nitrogen and oxygen atoms in total. The molecular formula is C23H17F7N4O5. The average molecular weight is 562 g/mol. The number of imidazole rings is 1. The highest BCUT2D eigenvalue weighted by atomic mass is 19.4. The Morgan fingerprint density at radius 3 is 2.31 bits per heavy atom. The van der Waals surface area contributed by atoms with Crippen molar-refractivity contribution in [3.05, 3.63) is 74.7 Å². The highest BCUT2D eigenvalue weighted by Gasteiger charge is 2.39. The van der Waals surface area contributed by atoms with Crippen LogP contribution in [0.5, 0.6) is 11.5 Å². The van der Waals surface area contributed by atoms with Crippen LogP contribution in [0.2, 0.25) is 0 Å². The monoisotopic (exact) mass is 562 g/mol. The largest absolute Gasteiger partial charge is 0.573 e. The first-order chi connectivity index (χ1) is 18.1. The Hall–Kier alpha value is -4.34. The van der Waals surface area contributed by atoms with E-state index in [4.69, 9.17) is 4.74 Å². The summed E-state index contributed by atoms with van der Waals surface area (Å²) in [5.74, 6) is -1.91. The first-order valence-electron chi connectivity index (χ1n) is 10.9. The summed E-state index contributed by atoms with van der Waals surface area (Å²) in [6, 6.07) is 8.21. The minimum atomic E-state index is -5.15. The lowest BCUT2D eigenvalue weighted by atomic mass is 10.2. The molecule has 1 atom stereocenters. The molecule has 4 aromatic rings. The van der Waals surface area contributed by atoms with Gasteiger partial charge in [0, 0.05) is 12.6 Å². The summed E-state index contributed by atoms with van der Waals surface area (Å²) in [4.78, 5) is 30.5. The van der Waals surface area contributed by atoms with E-state index in [1.807, 2.05) is 4.98 Å². The van der Waals surface area contributed by atoms with Gasteiger partial charge in [-0.1, -0.05) is 12.1 Å². The zero-order valence-corrected chi connectivity index (χ0v) is 19.6. The van der Waals surface area contributed by atoms with Crippen molar-refractivity contribution >= 4 is 11.2 Å². The van der Waals surface area contributed by atoms with Gasteiger partial charge in [-0.2, -0.15) is 13.2 Å². The third-order valence-corrected chi connectivity index (χ3v) is 5.48. The molecule has 0 saturated carbocycles. The number of hydrogen-bond acceptors (Lipinski definition) is 6. The lowest BCUT2D eigenvalue weighted by molar-refractivity contribution is -0.275. The van der Waals surface area contributed by atoms with Crippen molar-refractivity contribution in [2.24, 2.45) is 7.05 Å². The van der Waals surface area contributed by atoms with E-state index >= 15 is 0 Å². The number of rotatable bonds is 7. The number of aromatic nitrogens is 4. The molecule has 208 valence electrons. The highest BCUT2D eigenvalue weighted by Crippen LogP contribution is 2.37. The number of benzene rings is 2. The number of aromatic amines is 1. The van der Waals surface area contributed by atoms with Crippen LogP contribution in [0.25, 0.3) is 22.6 Å². The topological polar surface area (TPSA) is 111 Å². The summed E-state index contributed by atoms with van der Waals surface area (Å²) >= 11 is 0. The lowest BCUT2D eigenvalue weighted by Crippen LogP contribution is -2.39. The van der Waals surface area contributed by atoms with E-state index in [0.717, 1.165) is 28.8 Å². The van der Waals surface area contributed by atoms with Crippen LogP contribution in [-0.4, -0.2) is 42.9 Å². The number of aryl methyl sites for hydroxylation is 1. The van der Waals surface area contributed by atoms with Gasteiger partial charge in [-0.25, -0.2) is 14.2 Å². The Balaban J connectivity index is 1.78. The molecule has 16 heteroatoms. The molecule has 2 heterocycles. The summed E-state index contributed by atoms with van der Waals surface area (Å²) in [6.07, 6.45) is -13.2. The fourth-order valence-corrected chi connectivity index (χ4v) is 3.66. The van der Waals surface area contributed by atoms with E-state index in [1.165, 1.54) is 25.2 Å². The van der Waals surface area contributed by atoms with Crippen molar-refractivity contribution in [2.75, 3.05) is 0 Å². The van der Waals surface area contributed by atoms with Crippen molar-refractivity contribution in [1.29, 1.82) is 0 Å². The van der Waals surface area contributed by atoms with E-state index in [-0.39, 0.29) is 29.3 Å². The molecule has 0 radical (unpaired) electrons. The number of fused-ring (bicyclic) bond motifs is 1. The van der Waals surface area contributed by atoms with Gasteiger partial charge >= 0.3 is 18.2 Å². The number of nitrogens with zero attached hydrogens (tertiary/aromatic N) is 3. The third-order valence-electron chi connectivity index (χ3n) is 5.48. The Bertz CT molecular complexity index is 1620. The highest BCUT2D eigenvalue weighted by molar-refractivity contribution is 5.77. The molecule has 0 aliphatic carbocycles. The second-order valence-electron chi connectivity index (χ2n) is 8.22. The number of aliphatic hydroxyl groups is 1. The fraction of sp³-hybridized carbons (Fsp3) is 0.261. The molecule has 1 unspecified atom stereocenters. The first-order valence-corrected chi connectivity index (χ1v) is 10.9. The Kier molecular flexibility index (Phi) is 7.16. The smallest absolute Gasteiger partial charge is 0.485 e. The second kappa shape index (κ2) is 10.1. The SMILES string of the molecule is Cn1c(-c2ccc(OCc3ccc(F)cc3)c(OC(F)(F)F)c2)nc2c1c(=O)[nH]c(=O)n2CC(O)C(F)(F)F. The molecule has 2 aromatic carbocycles. The molecule has 0 saturated heterocycles. The molecule has 0 amide bonds. The maximum Gasteiger partial charge on any atom is 0.573 e. The summed E-state index contributed by atoms with van der Waals surface area (Å²) in [5.41, 5.74) is -2.89. The third kappa shape index (κ3) is 6.05. The minimum absolute atomic E-state index is 0.0862. The molecule has 0 fully saturated rings. The standard InChI is InChI=1S/C23H17F7N4O5/c1-33-17-19(34(21(37)32-20(17)36)9-16(35)22(25,26)27)31-18(33)12-4-7-14(15(8-12)39-23(28,29)30)38-10-11-2-5-13(24)6-3-11/h2-8,16,35H,9-10H2,1H3,(H,32,36,37). The van der Waals surface area contributed by atoms with E-state index in [2.05, 4.69) is 9.72 Å². The molecule has 39 heavy (non-hydrogen) atoms. The zero-order valence-electron chi connectivity index (χ0n) is 19.6. The van der Waals surface area contributed by atoms with Crippen LogP contribution in [0, 0.1) is 5.82 Å². The number of halogens is 7. The van der Waals surface area contributed by atoms with Gasteiger partial charge in [-0.05, 0) is 35.9 Å². The summed E-state index contributed by atoms with van der Waals surface area (Å²) in [6.45, 7) is -1.55. The van der Waals surface area contributed by atoms with Crippen LogP contribution in [0.3, 0.4) is 0 Å². The lowest BCUT2D eigenvalue weighted by Gasteiger charge is -2.15. The molecular weight excluding hydrogens is 545 g/mol. The van der Waals surface area contributed by atoms with Crippen LogP contribution in [0.4, 0.5) is 30.7 Å². The van der Waals surface area contributed by atoms with Crippen molar-refractivity contribution in [2.45, 2.75) is 31.8 Å². The quantitative estimate of drug-likeness (QED) is 0.333. The van der Waals surface area contributed by atoms with Crippen molar-refractivity contribution in [3.63, 3.8) is 0 Å². The number of H-pyrrole nitrogens is 1. The van der Waals surface area contributed by atoms with Gasteiger partial charge in [0.05, 0.1) is 6.54 Å². The van der Waals surface area contributed by atoms with Gasteiger partial charge in [0.1, 0.15) is 18.2 Å². The van der Waals surface area contributed by atoms with Crippen molar-refractivity contribution < 1.29 is 45.3 Å². The summed E-state index contributed by atoms with van der Waals surface area (Å²) in [5, 5.41) is 9.44. The molecule has 2 N–H and O–H groups in total. The number of ether oxygens (including phenoxy) is 2. The number of nitrogens with one attached hydrogen (secondary N) is 1. The zero-order chi connectivity index (χ0) is 28.7. The number of aliphatic hydroxyl groups excluding tert-OH is 1. The van der Waals surface area contributed by atoms with Crippen molar-refractivity contribution in [3.8, 4) is 22.9 Å². The number of alkyl halides is 6. The summed E-state index contributed by atoms with van der Waals surface area (Å²) in [7, 11) is 1.25. The van der Waals surface area contributed by atoms with Crippen molar-refractivity contribution in [1.82, 2.24) is 19.1 Å². The van der Waals surface area contributed by atoms with Crippen LogP contribution in [0.15, 0.2) is 52.1 Å². The maximum atomic E-state index is 13.1. The maximum absolute atomic E-state index is 13.1. The normalized spacial score (nSPS) is 13.1. The Labute approximate surface area is 212 Å². The molecule has 0 spiro atoms. The molecule has 0 bridgehead atoms. The predicted octanol–water partition coefficient (Wildman–Crippen LogP) is 3.63. The van der Waals surface area contributed by atoms with Gasteiger partial charge in [0.2, 0.25) is 0 Å². The van der Waals surface area contributed by atoms with E-state index in [9.17, 15) is 45.4 Å². The van der Waals surface area contributed by atoms with Crippen LogP contribution in [-0.2, 0) is 20.2 Å². The van der Waals surface area contributed by atoms with E-state index < -0.39 is 53.7 Å². The van der Waals surface area contributed by atoms with Gasteiger partial charge in [0.25, 0.3) is 5.56 Å². The van der Waals surface area contributed by atoms with Crippen LogP contribution < -0.4 is 20.7 Å². The Morgan fingerprint density at radius 2 is 1.69 bits per heavy atom. The van der Waals surface area contributed by atoms with Gasteiger partial charge in [-0.15, -0.1) is 13.2 Å². The molecule has 0 aliphatic rings. The fourth-order valence-electron chi connectivity index (χ4n) is 3.66. The van der Waals surface area contributed by atoms with Gasteiger partial charge in [0.15, 0.2) is 28.8 Å².